The summed E-state index contributed by atoms with van der Waals surface area (Å²) in [6, 6.07) is 12.7. The summed E-state index contributed by atoms with van der Waals surface area (Å²) in [4.78, 5) is 28.5. The van der Waals surface area contributed by atoms with E-state index in [2.05, 4.69) is 26.1 Å². The van der Waals surface area contributed by atoms with Gasteiger partial charge in [-0.2, -0.15) is 0 Å². The predicted octanol–water partition coefficient (Wildman–Crippen LogP) is 4.41. The van der Waals surface area contributed by atoms with Gasteiger partial charge in [0.2, 0.25) is 5.91 Å². The van der Waals surface area contributed by atoms with Crippen LogP contribution < -0.4 is 10.2 Å². The molecule has 0 aliphatic carbocycles. The minimum atomic E-state index is -0.189. The number of nitrogens with zero attached hydrogens (tertiary/aromatic N) is 2. The van der Waals surface area contributed by atoms with Crippen LogP contribution in [0.5, 0.6) is 0 Å². The first-order valence-corrected chi connectivity index (χ1v) is 10.0. The van der Waals surface area contributed by atoms with Crippen molar-refractivity contribution in [1.82, 2.24) is 4.90 Å². The number of anilines is 2. The SMILES string of the molecule is CCC(=O)N1CCN(c2ccc(Cl)cc2NC(=O)c2ccc(Br)cc2)CC1. The third kappa shape index (κ3) is 4.82. The molecule has 2 aromatic rings. The number of benzene rings is 2. The molecule has 1 N–H and O–H groups in total. The molecule has 1 aliphatic heterocycles. The molecule has 0 radical (unpaired) electrons. The molecule has 0 saturated carbocycles. The summed E-state index contributed by atoms with van der Waals surface area (Å²) >= 11 is 9.53. The maximum atomic E-state index is 12.6. The Bertz CT molecular complexity index is 834. The highest BCUT2D eigenvalue weighted by Gasteiger charge is 2.22. The number of hydrogen-bond donors (Lipinski definition) is 1. The van der Waals surface area contributed by atoms with Crippen molar-refractivity contribution in [3.63, 3.8) is 0 Å². The predicted molar refractivity (Wildman–Crippen MR) is 113 cm³/mol. The van der Waals surface area contributed by atoms with E-state index >= 15 is 0 Å². The third-order valence-electron chi connectivity index (χ3n) is 4.59. The average Bonchev–Trinajstić information content (AvgIpc) is 2.68. The van der Waals surface area contributed by atoms with Gasteiger partial charge in [0.15, 0.2) is 0 Å². The van der Waals surface area contributed by atoms with Crippen molar-refractivity contribution in [3.05, 3.63) is 57.5 Å². The largest absolute Gasteiger partial charge is 0.366 e. The van der Waals surface area contributed by atoms with Crippen molar-refractivity contribution >= 4 is 50.7 Å². The van der Waals surface area contributed by atoms with E-state index in [-0.39, 0.29) is 11.8 Å². The topological polar surface area (TPSA) is 52.7 Å². The highest BCUT2D eigenvalue weighted by molar-refractivity contribution is 9.10. The molecule has 1 heterocycles. The lowest BCUT2D eigenvalue weighted by atomic mass is 10.1. The monoisotopic (exact) mass is 449 g/mol. The van der Waals surface area contributed by atoms with Gasteiger partial charge in [-0.15, -0.1) is 0 Å². The Kier molecular flexibility index (Phi) is 6.39. The summed E-state index contributed by atoms with van der Waals surface area (Å²) in [5, 5.41) is 3.53. The molecular weight excluding hydrogens is 430 g/mol. The Hall–Kier alpha value is -2.05. The van der Waals surface area contributed by atoms with E-state index in [0.29, 0.717) is 48.9 Å². The molecule has 5 nitrogen and oxygen atoms in total. The van der Waals surface area contributed by atoms with Crippen molar-refractivity contribution in [3.8, 4) is 0 Å². The van der Waals surface area contributed by atoms with Gasteiger partial charge in [0.05, 0.1) is 11.4 Å². The minimum Gasteiger partial charge on any atom is -0.366 e. The Morgan fingerprint density at radius 2 is 1.74 bits per heavy atom. The first-order valence-electron chi connectivity index (χ1n) is 8.87. The van der Waals surface area contributed by atoms with E-state index in [1.165, 1.54) is 0 Å². The molecule has 7 heteroatoms. The fraction of sp³-hybridized carbons (Fsp3) is 0.300. The highest BCUT2D eigenvalue weighted by Crippen LogP contribution is 2.30. The number of nitrogens with one attached hydrogen (secondary N) is 1. The summed E-state index contributed by atoms with van der Waals surface area (Å²) in [7, 11) is 0. The number of carbonyl (C=O) groups is 2. The fourth-order valence-electron chi connectivity index (χ4n) is 3.10. The Balaban J connectivity index is 1.76. The van der Waals surface area contributed by atoms with Crippen LogP contribution in [-0.2, 0) is 4.79 Å². The van der Waals surface area contributed by atoms with Gasteiger partial charge in [0.25, 0.3) is 5.91 Å². The second kappa shape index (κ2) is 8.76. The van der Waals surface area contributed by atoms with Crippen molar-refractivity contribution in [2.45, 2.75) is 13.3 Å². The van der Waals surface area contributed by atoms with Gasteiger partial charge in [-0.25, -0.2) is 0 Å². The van der Waals surface area contributed by atoms with Gasteiger partial charge in [-0.1, -0.05) is 34.5 Å². The van der Waals surface area contributed by atoms with Crippen molar-refractivity contribution in [2.75, 3.05) is 36.4 Å². The van der Waals surface area contributed by atoms with E-state index in [1.54, 1.807) is 18.2 Å². The number of carbonyl (C=O) groups excluding carboxylic acids is 2. The molecule has 0 atom stereocenters. The Morgan fingerprint density at radius 3 is 2.37 bits per heavy atom. The van der Waals surface area contributed by atoms with Crippen molar-refractivity contribution in [2.24, 2.45) is 0 Å². The molecule has 2 amide bonds. The number of rotatable bonds is 4. The van der Waals surface area contributed by atoms with E-state index in [4.69, 9.17) is 11.6 Å². The fourth-order valence-corrected chi connectivity index (χ4v) is 3.54. The molecule has 1 saturated heterocycles. The van der Waals surface area contributed by atoms with Crippen molar-refractivity contribution in [1.29, 1.82) is 0 Å². The third-order valence-corrected chi connectivity index (χ3v) is 5.35. The first kappa shape index (κ1) is 19.7. The number of piperazine rings is 1. The smallest absolute Gasteiger partial charge is 0.255 e. The van der Waals surface area contributed by atoms with Gasteiger partial charge in [-0.05, 0) is 42.5 Å². The molecule has 0 spiro atoms. The lowest BCUT2D eigenvalue weighted by Crippen LogP contribution is -2.48. The van der Waals surface area contributed by atoms with E-state index < -0.39 is 0 Å². The molecule has 0 unspecified atom stereocenters. The maximum absolute atomic E-state index is 12.6. The van der Waals surface area contributed by atoms with Crippen LogP contribution in [-0.4, -0.2) is 42.9 Å². The molecule has 1 aliphatic rings. The minimum absolute atomic E-state index is 0.175. The van der Waals surface area contributed by atoms with Crippen LogP contribution in [0.4, 0.5) is 11.4 Å². The van der Waals surface area contributed by atoms with Gasteiger partial charge in [0.1, 0.15) is 0 Å². The van der Waals surface area contributed by atoms with Crippen LogP contribution in [0.3, 0.4) is 0 Å². The van der Waals surface area contributed by atoms with E-state index in [0.717, 1.165) is 10.2 Å². The van der Waals surface area contributed by atoms with E-state index in [1.807, 2.05) is 36.1 Å². The molecule has 0 bridgehead atoms. The summed E-state index contributed by atoms with van der Waals surface area (Å²) in [5.74, 6) is -0.0136. The molecule has 27 heavy (non-hydrogen) atoms. The molecule has 142 valence electrons. The highest BCUT2D eigenvalue weighted by atomic mass is 79.9. The van der Waals surface area contributed by atoms with Crippen molar-refractivity contribution < 1.29 is 9.59 Å². The molecule has 1 fully saturated rings. The van der Waals surface area contributed by atoms with E-state index in [9.17, 15) is 9.59 Å². The molecule has 0 aromatic heterocycles. The lowest BCUT2D eigenvalue weighted by molar-refractivity contribution is -0.131. The number of hydrogen-bond acceptors (Lipinski definition) is 3. The zero-order chi connectivity index (χ0) is 19.4. The summed E-state index contributed by atoms with van der Waals surface area (Å²) < 4.78 is 0.919. The first-order chi connectivity index (χ1) is 13.0. The van der Waals surface area contributed by atoms with Crippen LogP contribution >= 0.6 is 27.5 Å². The zero-order valence-electron chi connectivity index (χ0n) is 15.0. The summed E-state index contributed by atoms with van der Waals surface area (Å²) in [5.41, 5.74) is 2.15. The second-order valence-electron chi connectivity index (χ2n) is 6.34. The zero-order valence-corrected chi connectivity index (χ0v) is 17.4. The van der Waals surface area contributed by atoms with Crippen LogP contribution in [0.25, 0.3) is 0 Å². The van der Waals surface area contributed by atoms with Crippen LogP contribution in [0.1, 0.15) is 23.7 Å². The van der Waals surface area contributed by atoms with Crippen LogP contribution in [0.15, 0.2) is 46.9 Å². The summed E-state index contributed by atoms with van der Waals surface area (Å²) in [6.45, 7) is 4.66. The summed E-state index contributed by atoms with van der Waals surface area (Å²) in [6.07, 6.45) is 0.523. The Morgan fingerprint density at radius 1 is 1.07 bits per heavy atom. The normalized spacial score (nSPS) is 14.2. The standard InChI is InChI=1S/C20H21BrClN3O2/c1-2-19(26)25-11-9-24(10-12-25)18-8-7-16(22)13-17(18)23-20(27)14-3-5-15(21)6-4-14/h3-8,13H,2,9-12H2,1H3,(H,23,27). The lowest BCUT2D eigenvalue weighted by Gasteiger charge is -2.37. The molecule has 2 aromatic carbocycles. The second-order valence-corrected chi connectivity index (χ2v) is 7.70. The number of halogens is 2. The quantitative estimate of drug-likeness (QED) is 0.750. The van der Waals surface area contributed by atoms with Gasteiger partial charge in [0, 0.05) is 47.7 Å². The van der Waals surface area contributed by atoms with Gasteiger partial charge >= 0.3 is 0 Å². The molecular formula is C20H21BrClN3O2. The van der Waals surface area contributed by atoms with Crippen LogP contribution in [0.2, 0.25) is 5.02 Å². The average molecular weight is 451 g/mol. The Labute approximate surface area is 172 Å². The van der Waals surface area contributed by atoms with Gasteiger partial charge < -0.3 is 15.1 Å². The molecule has 3 rings (SSSR count). The van der Waals surface area contributed by atoms with Gasteiger partial charge in [-0.3, -0.25) is 9.59 Å². The van der Waals surface area contributed by atoms with Crippen LogP contribution in [0, 0.1) is 0 Å². The number of amides is 2. The maximum Gasteiger partial charge on any atom is 0.255 e.